The van der Waals surface area contributed by atoms with Crippen molar-refractivity contribution in [3.63, 3.8) is 0 Å². The van der Waals surface area contributed by atoms with Gasteiger partial charge in [0.05, 0.1) is 11.6 Å². The van der Waals surface area contributed by atoms with Crippen LogP contribution in [0.1, 0.15) is 41.9 Å². The first-order valence-electron chi connectivity index (χ1n) is 8.63. The summed E-state index contributed by atoms with van der Waals surface area (Å²) in [5.74, 6) is -3.58. The Morgan fingerprint density at radius 3 is 2.31 bits per heavy atom. The highest BCUT2D eigenvalue weighted by molar-refractivity contribution is 5.93. The zero-order chi connectivity index (χ0) is 21.4. The van der Waals surface area contributed by atoms with E-state index in [4.69, 9.17) is 0 Å². The molecule has 1 heterocycles. The zero-order valence-electron chi connectivity index (χ0n) is 14.7. The molecule has 0 spiro atoms. The van der Waals surface area contributed by atoms with Gasteiger partial charge in [-0.05, 0) is 43.5 Å². The minimum atomic E-state index is -5.04. The number of halogens is 7. The van der Waals surface area contributed by atoms with Crippen LogP contribution in [0.25, 0.3) is 5.69 Å². The van der Waals surface area contributed by atoms with Gasteiger partial charge in [0, 0.05) is 6.04 Å². The van der Waals surface area contributed by atoms with Gasteiger partial charge in [-0.3, -0.25) is 4.79 Å². The molecule has 1 aromatic heterocycles. The van der Waals surface area contributed by atoms with Crippen LogP contribution in [0.3, 0.4) is 0 Å². The third kappa shape index (κ3) is 4.67. The van der Waals surface area contributed by atoms with Gasteiger partial charge < -0.3 is 5.32 Å². The minimum Gasteiger partial charge on any atom is -0.348 e. The Balaban J connectivity index is 1.86. The van der Waals surface area contributed by atoms with E-state index in [1.165, 1.54) is 0 Å². The summed E-state index contributed by atoms with van der Waals surface area (Å²) >= 11 is 0. The summed E-state index contributed by atoms with van der Waals surface area (Å²) in [4.78, 5) is 12.4. The average molecular weight is 424 g/mol. The third-order valence-electron chi connectivity index (χ3n) is 4.70. The number of aromatic nitrogens is 3. The highest BCUT2D eigenvalue weighted by Gasteiger charge is 2.44. The summed E-state index contributed by atoms with van der Waals surface area (Å²) < 4.78 is 92.8. The molecule has 12 heteroatoms. The fourth-order valence-corrected chi connectivity index (χ4v) is 3.32. The van der Waals surface area contributed by atoms with E-state index in [-0.39, 0.29) is 24.9 Å². The lowest BCUT2D eigenvalue weighted by Crippen LogP contribution is -2.42. The van der Waals surface area contributed by atoms with Gasteiger partial charge in [-0.15, -0.1) is 5.10 Å². The lowest BCUT2D eigenvalue weighted by atomic mass is 9.85. The number of alkyl halides is 6. The Morgan fingerprint density at radius 2 is 1.72 bits per heavy atom. The van der Waals surface area contributed by atoms with Crippen LogP contribution in [-0.4, -0.2) is 33.1 Å². The Bertz CT molecular complexity index is 873. The monoisotopic (exact) mass is 424 g/mol. The van der Waals surface area contributed by atoms with Gasteiger partial charge >= 0.3 is 12.4 Å². The lowest BCUT2D eigenvalue weighted by molar-refractivity contribution is -0.183. The summed E-state index contributed by atoms with van der Waals surface area (Å²) in [6.45, 7) is 0. The lowest BCUT2D eigenvalue weighted by Gasteiger charge is -2.30. The molecule has 1 saturated carbocycles. The van der Waals surface area contributed by atoms with Crippen LogP contribution in [0.5, 0.6) is 0 Å². The Hall–Kier alpha value is -2.66. The summed E-state index contributed by atoms with van der Waals surface area (Å²) in [6, 6.07) is 2.94. The second-order valence-corrected chi connectivity index (χ2v) is 6.75. The normalized spacial score (nSPS) is 20.5. The molecular formula is C17H15F7N4O. The van der Waals surface area contributed by atoms with E-state index >= 15 is 0 Å². The number of hydrogen-bond acceptors (Lipinski definition) is 3. The van der Waals surface area contributed by atoms with Crippen LogP contribution in [0, 0.1) is 11.7 Å². The minimum absolute atomic E-state index is 0.0928. The van der Waals surface area contributed by atoms with Crippen LogP contribution in [-0.2, 0) is 6.18 Å². The third-order valence-corrected chi connectivity index (χ3v) is 4.70. The van der Waals surface area contributed by atoms with E-state index in [1.54, 1.807) is 0 Å². The molecule has 1 aromatic carbocycles. The van der Waals surface area contributed by atoms with E-state index in [0.717, 1.165) is 24.3 Å². The molecule has 5 nitrogen and oxygen atoms in total. The maximum absolute atomic E-state index is 13.6. The Kier molecular flexibility index (Phi) is 5.54. The summed E-state index contributed by atoms with van der Waals surface area (Å²) in [5.41, 5.74) is -2.74. The van der Waals surface area contributed by atoms with Gasteiger partial charge in [0.25, 0.3) is 5.91 Å². The SMILES string of the molecule is O=C(NC1CCCC(C(F)(F)F)C1)c1nnn(-c2ccc(F)cc2)c1C(F)(F)F. The van der Waals surface area contributed by atoms with E-state index in [1.807, 2.05) is 0 Å². The van der Waals surface area contributed by atoms with Crippen LogP contribution < -0.4 is 5.32 Å². The highest BCUT2D eigenvalue weighted by atomic mass is 19.4. The molecule has 0 saturated heterocycles. The Labute approximate surface area is 159 Å². The number of carbonyl (C=O) groups is 1. The highest BCUT2D eigenvalue weighted by Crippen LogP contribution is 2.38. The van der Waals surface area contributed by atoms with Crippen molar-refractivity contribution in [2.45, 2.75) is 44.1 Å². The first-order chi connectivity index (χ1) is 13.5. The topological polar surface area (TPSA) is 59.8 Å². The summed E-state index contributed by atoms with van der Waals surface area (Å²) in [5, 5.41) is 8.82. The smallest absolute Gasteiger partial charge is 0.348 e. The average Bonchev–Trinajstić information content (AvgIpc) is 3.07. The first-order valence-corrected chi connectivity index (χ1v) is 8.63. The molecule has 158 valence electrons. The van der Waals surface area contributed by atoms with Crippen molar-refractivity contribution in [2.24, 2.45) is 5.92 Å². The van der Waals surface area contributed by atoms with Gasteiger partial charge in [0.1, 0.15) is 5.82 Å². The van der Waals surface area contributed by atoms with Crippen molar-refractivity contribution in [1.29, 1.82) is 0 Å². The van der Waals surface area contributed by atoms with Crippen molar-refractivity contribution in [1.82, 2.24) is 20.3 Å². The molecule has 2 unspecified atom stereocenters. The molecule has 3 rings (SSSR count). The first kappa shape index (κ1) is 21.1. The van der Waals surface area contributed by atoms with Gasteiger partial charge in [-0.25, -0.2) is 9.07 Å². The van der Waals surface area contributed by atoms with Crippen molar-refractivity contribution in [3.05, 3.63) is 41.5 Å². The van der Waals surface area contributed by atoms with E-state index in [0.29, 0.717) is 4.68 Å². The molecule has 1 fully saturated rings. The number of hydrogen-bond donors (Lipinski definition) is 1. The van der Waals surface area contributed by atoms with Crippen LogP contribution >= 0.6 is 0 Å². The second-order valence-electron chi connectivity index (χ2n) is 6.75. The van der Waals surface area contributed by atoms with Crippen LogP contribution in [0.2, 0.25) is 0 Å². The molecule has 1 aliphatic carbocycles. The van der Waals surface area contributed by atoms with Crippen molar-refractivity contribution in [3.8, 4) is 5.69 Å². The van der Waals surface area contributed by atoms with Gasteiger partial charge in [-0.2, -0.15) is 26.3 Å². The molecule has 2 atom stereocenters. The summed E-state index contributed by atoms with van der Waals surface area (Å²) in [7, 11) is 0. The predicted octanol–water partition coefficient (Wildman–Crippen LogP) is 4.28. The van der Waals surface area contributed by atoms with Gasteiger partial charge in [0.15, 0.2) is 11.4 Å². The van der Waals surface area contributed by atoms with Crippen molar-refractivity contribution < 1.29 is 35.5 Å². The fraction of sp³-hybridized carbons (Fsp3) is 0.471. The number of benzene rings is 1. The number of carbonyl (C=O) groups excluding carboxylic acids is 1. The van der Waals surface area contributed by atoms with E-state index < -0.39 is 53.8 Å². The molecule has 1 amide bonds. The number of amides is 1. The molecule has 0 radical (unpaired) electrons. The van der Waals surface area contributed by atoms with Crippen molar-refractivity contribution in [2.75, 3.05) is 0 Å². The molecule has 29 heavy (non-hydrogen) atoms. The fourth-order valence-electron chi connectivity index (χ4n) is 3.32. The second kappa shape index (κ2) is 7.64. The predicted molar refractivity (Wildman–Crippen MR) is 85.6 cm³/mol. The van der Waals surface area contributed by atoms with E-state index in [2.05, 4.69) is 15.6 Å². The van der Waals surface area contributed by atoms with Crippen LogP contribution in [0.4, 0.5) is 30.7 Å². The van der Waals surface area contributed by atoms with Gasteiger partial charge in [0.2, 0.25) is 0 Å². The quantitative estimate of drug-likeness (QED) is 0.749. The van der Waals surface area contributed by atoms with Crippen LogP contribution in [0.15, 0.2) is 24.3 Å². The maximum Gasteiger partial charge on any atom is 0.435 e. The Morgan fingerprint density at radius 1 is 1.07 bits per heavy atom. The molecule has 1 N–H and O–H groups in total. The largest absolute Gasteiger partial charge is 0.435 e. The maximum atomic E-state index is 13.6. The molecule has 0 bridgehead atoms. The standard InChI is InChI=1S/C17H15F7N4O/c18-10-4-6-12(7-5-10)28-14(17(22,23)24)13(26-27-28)15(29)25-11-3-1-2-9(8-11)16(19,20)21/h4-7,9,11H,1-3,8H2,(H,25,29). The summed E-state index contributed by atoms with van der Waals surface area (Å²) in [6.07, 6.45) is -9.58. The molecular weight excluding hydrogens is 409 g/mol. The molecule has 0 aliphatic heterocycles. The van der Waals surface area contributed by atoms with E-state index in [9.17, 15) is 35.5 Å². The molecule has 1 aliphatic rings. The zero-order valence-corrected chi connectivity index (χ0v) is 14.7. The number of nitrogens with zero attached hydrogens (tertiary/aromatic N) is 3. The number of nitrogens with one attached hydrogen (secondary N) is 1. The van der Waals surface area contributed by atoms with Gasteiger partial charge in [-0.1, -0.05) is 11.6 Å². The molecule has 2 aromatic rings. The van der Waals surface area contributed by atoms with Crippen molar-refractivity contribution >= 4 is 5.91 Å². The number of rotatable bonds is 3.